The maximum absolute atomic E-state index is 10.8. The maximum atomic E-state index is 10.8. The van der Waals surface area contributed by atoms with Crippen LogP contribution in [0.25, 0.3) is 0 Å². The normalized spacial score (nSPS) is 10.6. The monoisotopic (exact) mass is 570 g/mol. The van der Waals surface area contributed by atoms with Gasteiger partial charge in [-0.2, -0.15) is 0 Å². The van der Waals surface area contributed by atoms with E-state index in [4.69, 9.17) is 10.5 Å². The van der Waals surface area contributed by atoms with Crippen molar-refractivity contribution in [2.75, 3.05) is 20.3 Å². The molecule has 0 amide bonds. The summed E-state index contributed by atoms with van der Waals surface area (Å²) in [6.07, 6.45) is 30.4. The fraction of sp³-hybridized carbons (Fsp3) is 0.886. The molecule has 0 atom stereocenters. The molecule has 0 fully saturated rings. The van der Waals surface area contributed by atoms with Crippen LogP contribution in [0, 0.1) is 5.41 Å². The standard InChI is InChI=1S/C15H28O2.C13H29N.C7H14O2/c1-3-5-6-7-8-9-10-11-12-13-14-17-15(16)4-2;1-2-3-4-5-6-7-8-9-10-11-12-13-14;1-5-7(2,3)6(8)9-4/h4H,2-3,5-14H2,1H3;2-14H2,1H3;5H2,1-4H3. The SMILES string of the molecule is C=CC(=O)OCCCCCCCCCCCC.CCC(C)(C)C(=O)OC.CCCCCCCCCCCCCN. The van der Waals surface area contributed by atoms with Crippen LogP contribution in [-0.2, 0) is 19.1 Å². The van der Waals surface area contributed by atoms with Crippen LogP contribution in [0.5, 0.6) is 0 Å². The van der Waals surface area contributed by atoms with Crippen molar-refractivity contribution in [1.29, 1.82) is 0 Å². The number of methoxy groups -OCH3 is 1. The number of hydrogen-bond acceptors (Lipinski definition) is 5. The summed E-state index contributed by atoms with van der Waals surface area (Å²) in [6.45, 7) is 15.0. The zero-order chi connectivity index (χ0) is 30.7. The zero-order valence-electron chi connectivity index (χ0n) is 28.0. The number of nitrogens with two attached hydrogens (primary N) is 1. The van der Waals surface area contributed by atoms with E-state index in [-0.39, 0.29) is 17.4 Å². The van der Waals surface area contributed by atoms with E-state index in [0.29, 0.717) is 6.61 Å². The first-order valence-electron chi connectivity index (χ1n) is 16.8. The van der Waals surface area contributed by atoms with Crippen LogP contribution >= 0.6 is 0 Å². The van der Waals surface area contributed by atoms with Gasteiger partial charge in [0.15, 0.2) is 0 Å². The number of ether oxygens (including phenoxy) is 2. The summed E-state index contributed by atoms with van der Waals surface area (Å²) in [6, 6.07) is 0. The van der Waals surface area contributed by atoms with E-state index in [1.165, 1.54) is 142 Å². The zero-order valence-corrected chi connectivity index (χ0v) is 28.0. The molecule has 2 N–H and O–H groups in total. The highest BCUT2D eigenvalue weighted by Gasteiger charge is 2.25. The fourth-order valence-corrected chi connectivity index (χ4v) is 4.05. The van der Waals surface area contributed by atoms with Gasteiger partial charge >= 0.3 is 11.9 Å². The van der Waals surface area contributed by atoms with Gasteiger partial charge in [-0.05, 0) is 39.7 Å². The van der Waals surface area contributed by atoms with Crippen LogP contribution in [0.2, 0.25) is 0 Å². The van der Waals surface area contributed by atoms with Crippen molar-refractivity contribution in [2.45, 2.75) is 176 Å². The third kappa shape index (κ3) is 36.6. The number of unbranched alkanes of at least 4 members (excludes halogenated alkanes) is 19. The molecule has 40 heavy (non-hydrogen) atoms. The molecule has 0 heterocycles. The highest BCUT2D eigenvalue weighted by Crippen LogP contribution is 2.20. The third-order valence-corrected chi connectivity index (χ3v) is 7.34. The molecule has 0 unspecified atom stereocenters. The van der Waals surface area contributed by atoms with Gasteiger partial charge < -0.3 is 15.2 Å². The lowest BCUT2D eigenvalue weighted by Gasteiger charge is -2.17. The molecule has 0 aliphatic rings. The molecule has 0 aliphatic heterocycles. The van der Waals surface area contributed by atoms with Gasteiger partial charge in [0.2, 0.25) is 0 Å². The van der Waals surface area contributed by atoms with Crippen LogP contribution in [0.1, 0.15) is 176 Å². The quantitative estimate of drug-likeness (QED) is 0.0672. The van der Waals surface area contributed by atoms with Gasteiger partial charge in [-0.25, -0.2) is 4.79 Å². The summed E-state index contributed by atoms with van der Waals surface area (Å²) < 4.78 is 9.47. The summed E-state index contributed by atoms with van der Waals surface area (Å²) in [5, 5.41) is 0. The number of carbonyl (C=O) groups excluding carboxylic acids is 2. The molecule has 0 aliphatic carbocycles. The Balaban J connectivity index is -0.000000538. The van der Waals surface area contributed by atoms with Crippen molar-refractivity contribution >= 4 is 11.9 Å². The van der Waals surface area contributed by atoms with Crippen molar-refractivity contribution < 1.29 is 19.1 Å². The number of carbonyl (C=O) groups is 2. The Labute approximate surface area is 250 Å². The van der Waals surface area contributed by atoms with Crippen LogP contribution in [-0.4, -0.2) is 32.2 Å². The Morgan fingerprint density at radius 3 is 1.27 bits per heavy atom. The molecule has 0 aromatic rings. The van der Waals surface area contributed by atoms with Gasteiger partial charge in [0.25, 0.3) is 0 Å². The number of rotatable bonds is 25. The number of hydrogen-bond donors (Lipinski definition) is 1. The van der Waals surface area contributed by atoms with Crippen molar-refractivity contribution in [3.05, 3.63) is 12.7 Å². The van der Waals surface area contributed by atoms with E-state index in [0.717, 1.165) is 19.4 Å². The summed E-state index contributed by atoms with van der Waals surface area (Å²) >= 11 is 0. The summed E-state index contributed by atoms with van der Waals surface area (Å²) in [7, 11) is 1.42. The van der Waals surface area contributed by atoms with Crippen molar-refractivity contribution in [2.24, 2.45) is 11.1 Å². The molecule has 0 bridgehead atoms. The highest BCUT2D eigenvalue weighted by molar-refractivity contribution is 5.81. The molecular weight excluding hydrogens is 498 g/mol. The van der Waals surface area contributed by atoms with Crippen LogP contribution in [0.15, 0.2) is 12.7 Å². The van der Waals surface area contributed by atoms with Gasteiger partial charge in [-0.15, -0.1) is 0 Å². The van der Waals surface area contributed by atoms with E-state index < -0.39 is 0 Å². The Kier molecular flexibility index (Phi) is 38.4. The van der Waals surface area contributed by atoms with E-state index >= 15 is 0 Å². The van der Waals surface area contributed by atoms with Crippen molar-refractivity contribution in [3.63, 3.8) is 0 Å². The Hall–Kier alpha value is -1.36. The molecule has 0 aromatic carbocycles. The first-order valence-corrected chi connectivity index (χ1v) is 16.8. The topological polar surface area (TPSA) is 78.6 Å². The van der Waals surface area contributed by atoms with Crippen LogP contribution in [0.4, 0.5) is 0 Å². The van der Waals surface area contributed by atoms with Gasteiger partial charge in [-0.1, -0.05) is 149 Å². The van der Waals surface area contributed by atoms with E-state index in [9.17, 15) is 9.59 Å². The fourth-order valence-electron chi connectivity index (χ4n) is 4.05. The van der Waals surface area contributed by atoms with Crippen LogP contribution < -0.4 is 5.73 Å². The van der Waals surface area contributed by atoms with Crippen LogP contribution in [0.3, 0.4) is 0 Å². The second kappa shape index (κ2) is 35.7. The summed E-state index contributed by atoms with van der Waals surface area (Å²) in [5.41, 5.74) is 5.13. The average molecular weight is 570 g/mol. The lowest BCUT2D eigenvalue weighted by molar-refractivity contribution is -0.150. The minimum atomic E-state index is -0.311. The molecule has 0 aromatic heterocycles. The van der Waals surface area contributed by atoms with Crippen molar-refractivity contribution in [1.82, 2.24) is 0 Å². The first-order chi connectivity index (χ1) is 19.3. The van der Waals surface area contributed by atoms with Gasteiger partial charge in [0.05, 0.1) is 19.1 Å². The lowest BCUT2D eigenvalue weighted by atomic mass is 9.91. The molecular formula is C35H71NO4. The smallest absolute Gasteiger partial charge is 0.330 e. The Bertz CT molecular complexity index is 521. The predicted octanol–water partition coefficient (Wildman–Crippen LogP) is 10.5. The highest BCUT2D eigenvalue weighted by atomic mass is 16.5. The molecule has 0 radical (unpaired) electrons. The molecule has 5 nitrogen and oxygen atoms in total. The molecule has 0 spiro atoms. The van der Waals surface area contributed by atoms with E-state index in [2.05, 4.69) is 25.2 Å². The van der Waals surface area contributed by atoms with Crippen molar-refractivity contribution in [3.8, 4) is 0 Å². The van der Waals surface area contributed by atoms with Gasteiger partial charge in [-0.3, -0.25) is 4.79 Å². The average Bonchev–Trinajstić information content (AvgIpc) is 2.96. The van der Waals surface area contributed by atoms with Gasteiger partial charge in [0.1, 0.15) is 0 Å². The molecule has 0 saturated heterocycles. The number of esters is 2. The summed E-state index contributed by atoms with van der Waals surface area (Å²) in [5.74, 6) is -0.439. The third-order valence-electron chi connectivity index (χ3n) is 7.34. The second-order valence-electron chi connectivity index (χ2n) is 11.6. The largest absolute Gasteiger partial charge is 0.469 e. The predicted molar refractivity (Wildman–Crippen MR) is 175 cm³/mol. The molecule has 0 saturated carbocycles. The Morgan fingerprint density at radius 2 is 1.00 bits per heavy atom. The molecule has 0 rings (SSSR count). The minimum Gasteiger partial charge on any atom is -0.469 e. The minimum absolute atomic E-state index is 0.134. The Morgan fingerprint density at radius 1 is 0.650 bits per heavy atom. The van der Waals surface area contributed by atoms with E-state index in [1.807, 2.05) is 20.8 Å². The lowest BCUT2D eigenvalue weighted by Crippen LogP contribution is -2.24. The second-order valence-corrected chi connectivity index (χ2v) is 11.6. The summed E-state index contributed by atoms with van der Waals surface area (Å²) in [4.78, 5) is 21.6. The molecule has 240 valence electrons. The maximum Gasteiger partial charge on any atom is 0.330 e. The first kappa shape index (κ1) is 43.1. The van der Waals surface area contributed by atoms with Gasteiger partial charge in [0, 0.05) is 6.08 Å². The molecule has 5 heteroatoms. The van der Waals surface area contributed by atoms with E-state index in [1.54, 1.807) is 0 Å².